The van der Waals surface area contributed by atoms with E-state index in [4.69, 9.17) is 0 Å². The molecule has 0 aromatic carbocycles. The molecule has 0 bridgehead atoms. The third-order valence-electron chi connectivity index (χ3n) is 0.934. The van der Waals surface area contributed by atoms with Gasteiger partial charge in [-0.15, -0.1) is 0 Å². The Labute approximate surface area is 62.2 Å². The first-order valence-electron chi connectivity index (χ1n) is 2.47. The zero-order valence-electron chi connectivity index (χ0n) is 4.76. The van der Waals surface area contributed by atoms with Crippen LogP contribution in [0.2, 0.25) is 0 Å². The van der Waals surface area contributed by atoms with Gasteiger partial charge in [0.25, 0.3) is 0 Å². The molecule has 2 radical (unpaired) electrons. The number of nitrogens with zero attached hydrogens (tertiary/aromatic N) is 1. The summed E-state index contributed by atoms with van der Waals surface area (Å²) >= 11 is 1.17. The monoisotopic (exact) mass is 213 g/mol. The first-order chi connectivity index (χ1) is 3.79. The molecule has 1 heterocycles. The first kappa shape index (κ1) is 6.07. The fourth-order valence-corrected chi connectivity index (χ4v) is 0.967. The van der Waals surface area contributed by atoms with E-state index in [1.807, 2.05) is 19.2 Å². The summed E-state index contributed by atoms with van der Waals surface area (Å²) in [5.41, 5.74) is 1.10. The summed E-state index contributed by atoms with van der Waals surface area (Å²) in [7, 11) is 0. The second-order valence-corrected chi connectivity index (χ2v) is 3.64. The van der Waals surface area contributed by atoms with Gasteiger partial charge in [0, 0.05) is 0 Å². The normalized spacial score (nSPS) is 9.25. The molecule has 40 valence electrons. The minimum atomic E-state index is 1.10. The zero-order chi connectivity index (χ0) is 5.98. The van der Waals surface area contributed by atoms with E-state index in [0.717, 1.165) is 5.69 Å². The van der Waals surface area contributed by atoms with Crippen molar-refractivity contribution >= 4 is 26.1 Å². The molecule has 1 aromatic heterocycles. The summed E-state index contributed by atoms with van der Waals surface area (Å²) in [6.07, 6.45) is 1.93. The molecular formula is C6H7NSn. The van der Waals surface area contributed by atoms with Crippen molar-refractivity contribution in [2.75, 3.05) is 0 Å². The number of rotatable bonds is 0. The molecule has 0 atom stereocenters. The molecule has 0 amide bonds. The van der Waals surface area contributed by atoms with E-state index in [9.17, 15) is 0 Å². The van der Waals surface area contributed by atoms with Crippen LogP contribution in [-0.2, 0) is 0 Å². The Kier molecular flexibility index (Phi) is 1.89. The maximum atomic E-state index is 4.11. The van der Waals surface area contributed by atoms with Crippen molar-refractivity contribution in [3.8, 4) is 0 Å². The Morgan fingerprint density at radius 2 is 2.25 bits per heavy atom. The summed E-state index contributed by atoms with van der Waals surface area (Å²) in [5.74, 6) is 0. The maximum absolute atomic E-state index is 4.11. The third kappa shape index (κ3) is 1.47. The van der Waals surface area contributed by atoms with Crippen molar-refractivity contribution in [1.82, 2.24) is 4.98 Å². The number of hydrogen-bond donors (Lipinski definition) is 0. The van der Waals surface area contributed by atoms with E-state index in [1.165, 1.54) is 26.1 Å². The van der Waals surface area contributed by atoms with Crippen LogP contribution in [0.3, 0.4) is 0 Å². The Morgan fingerprint density at radius 1 is 1.50 bits per heavy atom. The molecule has 0 aliphatic heterocycles. The van der Waals surface area contributed by atoms with Crippen LogP contribution in [0.25, 0.3) is 0 Å². The van der Waals surface area contributed by atoms with Crippen molar-refractivity contribution in [3.05, 3.63) is 24.0 Å². The van der Waals surface area contributed by atoms with Gasteiger partial charge in [-0.3, -0.25) is 0 Å². The van der Waals surface area contributed by atoms with Crippen LogP contribution < -0.4 is 3.58 Å². The van der Waals surface area contributed by atoms with Crippen molar-refractivity contribution < 1.29 is 0 Å². The van der Waals surface area contributed by atoms with Gasteiger partial charge in [0.05, 0.1) is 0 Å². The molecule has 8 heavy (non-hydrogen) atoms. The minimum absolute atomic E-state index is 1.10. The first-order valence-corrected chi connectivity index (χ1v) is 4.12. The van der Waals surface area contributed by atoms with E-state index < -0.39 is 0 Å². The van der Waals surface area contributed by atoms with Crippen LogP contribution in [0.1, 0.15) is 5.69 Å². The van der Waals surface area contributed by atoms with Gasteiger partial charge in [-0.05, 0) is 0 Å². The third-order valence-corrected chi connectivity index (χ3v) is 1.91. The van der Waals surface area contributed by atoms with E-state index in [2.05, 4.69) is 11.1 Å². The number of aromatic nitrogens is 1. The molecule has 0 unspecified atom stereocenters. The Balaban J connectivity index is 3.03. The van der Waals surface area contributed by atoms with Crippen molar-refractivity contribution in [3.63, 3.8) is 0 Å². The van der Waals surface area contributed by atoms with Crippen LogP contribution in [0.5, 0.6) is 0 Å². The zero-order valence-corrected chi connectivity index (χ0v) is 8.05. The Morgan fingerprint density at radius 3 is 2.62 bits per heavy atom. The molecule has 2 heteroatoms. The topological polar surface area (TPSA) is 12.9 Å². The summed E-state index contributed by atoms with van der Waals surface area (Å²) < 4.78 is 1.35. The molecule has 0 spiro atoms. The summed E-state index contributed by atoms with van der Waals surface area (Å²) in [5, 5.41) is 0. The van der Waals surface area contributed by atoms with Crippen LogP contribution in [0.15, 0.2) is 18.3 Å². The predicted molar refractivity (Wildman–Crippen MR) is 35.8 cm³/mol. The molecule has 0 saturated carbocycles. The molecule has 0 fully saturated rings. The molecule has 1 nitrogen and oxygen atoms in total. The summed E-state index contributed by atoms with van der Waals surface area (Å²) in [6.45, 7) is 2.00. The van der Waals surface area contributed by atoms with E-state index in [1.54, 1.807) is 0 Å². The van der Waals surface area contributed by atoms with Gasteiger partial charge in [0.15, 0.2) is 0 Å². The quantitative estimate of drug-likeness (QED) is 0.548. The van der Waals surface area contributed by atoms with E-state index >= 15 is 0 Å². The predicted octanol–water partition coefficient (Wildman–Crippen LogP) is -0.0839. The Hall–Kier alpha value is -0.0513. The molecule has 1 aromatic rings. The van der Waals surface area contributed by atoms with Crippen molar-refractivity contribution in [2.24, 2.45) is 0 Å². The molecule has 1 rings (SSSR count). The molecule has 0 N–H and O–H groups in total. The van der Waals surface area contributed by atoms with Gasteiger partial charge < -0.3 is 0 Å². The fourth-order valence-electron chi connectivity index (χ4n) is 0.479. The van der Waals surface area contributed by atoms with E-state index in [0.29, 0.717) is 0 Å². The average molecular weight is 212 g/mol. The van der Waals surface area contributed by atoms with Gasteiger partial charge in [-0.25, -0.2) is 0 Å². The van der Waals surface area contributed by atoms with Crippen LogP contribution in [-0.4, -0.2) is 27.5 Å². The van der Waals surface area contributed by atoms with Gasteiger partial charge in [0.2, 0.25) is 0 Å². The van der Waals surface area contributed by atoms with Gasteiger partial charge in [0.1, 0.15) is 0 Å². The van der Waals surface area contributed by atoms with Gasteiger partial charge in [-0.1, -0.05) is 0 Å². The van der Waals surface area contributed by atoms with Crippen LogP contribution in [0.4, 0.5) is 0 Å². The summed E-state index contributed by atoms with van der Waals surface area (Å²) in [4.78, 5) is 4.11. The summed E-state index contributed by atoms with van der Waals surface area (Å²) in [6, 6.07) is 4.16. The number of pyridine rings is 1. The molecule has 0 saturated heterocycles. The molecular weight excluding hydrogens is 205 g/mol. The van der Waals surface area contributed by atoms with Crippen LogP contribution >= 0.6 is 0 Å². The van der Waals surface area contributed by atoms with Crippen molar-refractivity contribution in [2.45, 2.75) is 6.92 Å². The van der Waals surface area contributed by atoms with Gasteiger partial charge >= 0.3 is 62.0 Å². The van der Waals surface area contributed by atoms with Crippen LogP contribution in [0, 0.1) is 6.92 Å². The number of aryl methyl sites for hydroxylation is 1. The average Bonchev–Trinajstić information content (AvgIpc) is 1.77. The van der Waals surface area contributed by atoms with E-state index in [-0.39, 0.29) is 0 Å². The SMILES string of the molecule is Cc1cc[c]([SnH])cn1. The second kappa shape index (κ2) is 2.48. The standard InChI is InChI=1S/C6H6N.Sn.H/c1-6-4-2-3-5-7-6;;/h2,4-5H,1H3;;. The van der Waals surface area contributed by atoms with Gasteiger partial charge in [-0.2, -0.15) is 0 Å². The second-order valence-electron chi connectivity index (χ2n) is 1.73. The molecule has 0 aliphatic carbocycles. The molecule has 0 aliphatic rings. The fraction of sp³-hybridized carbons (Fsp3) is 0.167. The number of hydrogen-bond acceptors (Lipinski definition) is 1. The van der Waals surface area contributed by atoms with Crippen molar-refractivity contribution in [1.29, 1.82) is 0 Å². The Bertz CT molecular complexity index is 147.